The van der Waals surface area contributed by atoms with Gasteiger partial charge in [0.25, 0.3) is 5.91 Å². The van der Waals surface area contributed by atoms with Crippen molar-refractivity contribution in [2.75, 3.05) is 5.32 Å². The first-order valence-corrected chi connectivity index (χ1v) is 6.98. The number of hydrogen-bond donors (Lipinski definition) is 1. The minimum absolute atomic E-state index is 0.0260. The summed E-state index contributed by atoms with van der Waals surface area (Å²) in [5, 5.41) is 3.00. The molecule has 0 saturated carbocycles. The molecule has 1 N–H and O–H groups in total. The first kappa shape index (κ1) is 11.5. The van der Waals surface area contributed by atoms with Crippen LogP contribution in [0.15, 0.2) is 30.3 Å². The molecule has 0 atom stereocenters. The molecule has 1 aromatic carbocycles. The molecule has 1 aliphatic heterocycles. The van der Waals surface area contributed by atoms with Crippen LogP contribution in [0.3, 0.4) is 0 Å². The summed E-state index contributed by atoms with van der Waals surface area (Å²) in [6.07, 6.45) is 0.849. The number of para-hydroxylation sites is 1. The van der Waals surface area contributed by atoms with E-state index >= 15 is 0 Å². The van der Waals surface area contributed by atoms with Gasteiger partial charge in [-0.1, -0.05) is 32.0 Å². The molecular formula is C15H15NOS. The largest absolute Gasteiger partial charge is 0.322 e. The van der Waals surface area contributed by atoms with Crippen molar-refractivity contribution in [3.8, 4) is 0 Å². The molecule has 3 rings (SSSR count). The number of anilines is 1. The first-order valence-electron chi connectivity index (χ1n) is 6.17. The van der Waals surface area contributed by atoms with Gasteiger partial charge >= 0.3 is 0 Å². The maximum absolute atomic E-state index is 12.2. The van der Waals surface area contributed by atoms with E-state index in [-0.39, 0.29) is 5.91 Å². The Hall–Kier alpha value is -1.61. The Morgan fingerprint density at radius 1 is 1.28 bits per heavy atom. The lowest BCUT2D eigenvalue weighted by Gasteiger charge is -2.05. The number of benzene rings is 1. The van der Waals surface area contributed by atoms with Crippen molar-refractivity contribution in [1.82, 2.24) is 0 Å². The van der Waals surface area contributed by atoms with E-state index in [2.05, 4.69) is 25.2 Å². The van der Waals surface area contributed by atoms with Gasteiger partial charge in [0, 0.05) is 21.9 Å². The molecule has 1 amide bonds. The lowest BCUT2D eigenvalue weighted by Crippen LogP contribution is -2.10. The summed E-state index contributed by atoms with van der Waals surface area (Å²) in [5.74, 6) is 0.503. The summed E-state index contributed by atoms with van der Waals surface area (Å²) >= 11 is 1.76. The second kappa shape index (κ2) is 4.25. The smallest absolute Gasteiger partial charge is 0.256 e. The van der Waals surface area contributed by atoms with Crippen LogP contribution >= 0.6 is 11.3 Å². The fraction of sp³-hybridized carbons (Fsp3) is 0.267. The summed E-state index contributed by atoms with van der Waals surface area (Å²) in [5.41, 5.74) is 2.98. The SMILES string of the molecule is CC(C)c1cc2c(s1)Cc1ccccc1NC2=O. The number of nitrogens with one attached hydrogen (secondary N) is 1. The van der Waals surface area contributed by atoms with Crippen molar-refractivity contribution in [3.63, 3.8) is 0 Å². The van der Waals surface area contributed by atoms with Crippen LogP contribution in [0.4, 0.5) is 5.69 Å². The third-order valence-corrected chi connectivity index (χ3v) is 4.69. The van der Waals surface area contributed by atoms with Gasteiger partial charge in [-0.25, -0.2) is 0 Å². The Bertz CT molecular complexity index is 613. The van der Waals surface area contributed by atoms with Gasteiger partial charge < -0.3 is 5.32 Å². The second-order valence-electron chi connectivity index (χ2n) is 4.93. The minimum Gasteiger partial charge on any atom is -0.322 e. The molecule has 0 spiro atoms. The van der Waals surface area contributed by atoms with E-state index in [9.17, 15) is 4.79 Å². The molecule has 0 saturated heterocycles. The number of carbonyl (C=O) groups is 1. The number of amides is 1. The monoisotopic (exact) mass is 257 g/mol. The van der Waals surface area contributed by atoms with E-state index in [0.29, 0.717) is 5.92 Å². The number of thiophene rings is 1. The predicted molar refractivity (Wildman–Crippen MR) is 75.6 cm³/mol. The third kappa shape index (κ3) is 1.85. The Morgan fingerprint density at radius 3 is 2.83 bits per heavy atom. The molecule has 2 aromatic rings. The molecule has 3 heteroatoms. The fourth-order valence-corrected chi connectivity index (χ4v) is 3.40. The zero-order valence-electron chi connectivity index (χ0n) is 10.5. The van der Waals surface area contributed by atoms with Gasteiger partial charge in [-0.05, 0) is 23.6 Å². The van der Waals surface area contributed by atoms with Crippen molar-refractivity contribution in [3.05, 3.63) is 51.2 Å². The normalized spacial score (nSPS) is 13.8. The average Bonchev–Trinajstić information content (AvgIpc) is 2.71. The van der Waals surface area contributed by atoms with Crippen molar-refractivity contribution in [2.45, 2.75) is 26.2 Å². The Kier molecular flexibility index (Phi) is 2.71. The van der Waals surface area contributed by atoms with Gasteiger partial charge in [-0.3, -0.25) is 4.79 Å². The zero-order valence-corrected chi connectivity index (χ0v) is 11.3. The minimum atomic E-state index is 0.0260. The predicted octanol–water partition coefficient (Wildman–Crippen LogP) is 4.03. The maximum atomic E-state index is 12.2. The van der Waals surface area contributed by atoms with Gasteiger partial charge in [0.1, 0.15) is 0 Å². The Balaban J connectivity index is 2.10. The summed E-state index contributed by atoms with van der Waals surface area (Å²) in [7, 11) is 0. The van der Waals surface area contributed by atoms with Crippen LogP contribution < -0.4 is 5.32 Å². The fourth-order valence-electron chi connectivity index (χ4n) is 2.22. The van der Waals surface area contributed by atoms with E-state index in [0.717, 1.165) is 17.7 Å². The molecule has 18 heavy (non-hydrogen) atoms. The molecule has 92 valence electrons. The highest BCUT2D eigenvalue weighted by Gasteiger charge is 2.22. The third-order valence-electron chi connectivity index (χ3n) is 3.26. The Labute approximate surface area is 111 Å². The van der Waals surface area contributed by atoms with Crippen LogP contribution in [-0.4, -0.2) is 5.91 Å². The molecule has 2 nitrogen and oxygen atoms in total. The summed E-state index contributed by atoms with van der Waals surface area (Å²) in [6.45, 7) is 4.33. The van der Waals surface area contributed by atoms with Gasteiger partial charge in [0.15, 0.2) is 0 Å². The Morgan fingerprint density at radius 2 is 2.06 bits per heavy atom. The van der Waals surface area contributed by atoms with Crippen LogP contribution in [0, 0.1) is 0 Å². The molecule has 0 unspecified atom stereocenters. The quantitative estimate of drug-likeness (QED) is 0.821. The molecule has 1 aliphatic rings. The van der Waals surface area contributed by atoms with Crippen LogP contribution in [0.5, 0.6) is 0 Å². The van der Waals surface area contributed by atoms with Gasteiger partial charge in [0.2, 0.25) is 0 Å². The topological polar surface area (TPSA) is 29.1 Å². The summed E-state index contributed by atoms with van der Waals surface area (Å²) < 4.78 is 0. The van der Waals surface area contributed by atoms with Crippen molar-refractivity contribution in [1.29, 1.82) is 0 Å². The maximum Gasteiger partial charge on any atom is 0.256 e. The lowest BCUT2D eigenvalue weighted by molar-refractivity contribution is 0.102. The van der Waals surface area contributed by atoms with Crippen LogP contribution in [0.1, 0.15) is 45.4 Å². The van der Waals surface area contributed by atoms with Crippen LogP contribution in [0.25, 0.3) is 0 Å². The van der Waals surface area contributed by atoms with E-state index in [4.69, 9.17) is 0 Å². The van der Waals surface area contributed by atoms with E-state index in [1.165, 1.54) is 15.3 Å². The van der Waals surface area contributed by atoms with Gasteiger partial charge in [-0.15, -0.1) is 11.3 Å². The van der Waals surface area contributed by atoms with E-state index in [1.807, 2.05) is 24.3 Å². The van der Waals surface area contributed by atoms with Gasteiger partial charge in [0.05, 0.1) is 5.56 Å². The lowest BCUT2D eigenvalue weighted by atomic mass is 10.1. The first-order chi connectivity index (χ1) is 8.65. The zero-order chi connectivity index (χ0) is 12.7. The van der Waals surface area contributed by atoms with Crippen molar-refractivity contribution >= 4 is 22.9 Å². The molecule has 0 bridgehead atoms. The van der Waals surface area contributed by atoms with E-state index in [1.54, 1.807) is 11.3 Å². The highest BCUT2D eigenvalue weighted by molar-refractivity contribution is 7.12. The summed E-state index contributed by atoms with van der Waals surface area (Å²) in [4.78, 5) is 14.7. The molecule has 0 aliphatic carbocycles. The van der Waals surface area contributed by atoms with Crippen molar-refractivity contribution in [2.24, 2.45) is 0 Å². The van der Waals surface area contributed by atoms with E-state index < -0.39 is 0 Å². The van der Waals surface area contributed by atoms with Crippen LogP contribution in [-0.2, 0) is 6.42 Å². The number of carbonyl (C=O) groups excluding carboxylic acids is 1. The second-order valence-corrected chi connectivity index (χ2v) is 6.10. The molecule has 0 radical (unpaired) electrons. The average molecular weight is 257 g/mol. The molecule has 0 fully saturated rings. The number of rotatable bonds is 1. The van der Waals surface area contributed by atoms with Crippen LogP contribution in [0.2, 0.25) is 0 Å². The summed E-state index contributed by atoms with van der Waals surface area (Å²) in [6, 6.07) is 10.1. The highest BCUT2D eigenvalue weighted by atomic mass is 32.1. The van der Waals surface area contributed by atoms with Gasteiger partial charge in [-0.2, -0.15) is 0 Å². The highest BCUT2D eigenvalue weighted by Crippen LogP contribution is 2.34. The standard InChI is InChI=1S/C15H15NOS/c1-9(2)13-8-11-14(18-13)7-10-5-3-4-6-12(10)16-15(11)17/h3-6,8-9H,7H2,1-2H3,(H,16,17). The molecular weight excluding hydrogens is 242 g/mol. The van der Waals surface area contributed by atoms with Crippen molar-refractivity contribution < 1.29 is 4.79 Å². The number of fused-ring (bicyclic) bond motifs is 2. The molecule has 2 heterocycles. The molecule has 1 aromatic heterocycles. The number of hydrogen-bond acceptors (Lipinski definition) is 2.